The molecule has 0 saturated carbocycles. The lowest BCUT2D eigenvalue weighted by Crippen LogP contribution is -2.13. The first-order valence-corrected chi connectivity index (χ1v) is 7.34. The molecule has 0 amide bonds. The number of hydrogen-bond donors (Lipinski definition) is 0. The maximum atomic E-state index is 13.6. The first-order valence-electron chi connectivity index (χ1n) is 5.30. The topological polar surface area (TPSA) is 15.6 Å². The third kappa shape index (κ3) is 2.09. The maximum Gasteiger partial charge on any atom is 0.128 e. The molecule has 0 bridgehead atoms. The van der Waals surface area contributed by atoms with Gasteiger partial charge in [-0.2, -0.15) is 0 Å². The Balaban J connectivity index is 1.90. The third-order valence-electron chi connectivity index (χ3n) is 2.63. The lowest BCUT2D eigenvalue weighted by atomic mass is 10.2. The van der Waals surface area contributed by atoms with Gasteiger partial charge in [0.15, 0.2) is 0 Å². The zero-order valence-electron chi connectivity index (χ0n) is 8.98. The van der Waals surface area contributed by atoms with Crippen LogP contribution in [0, 0.1) is 9.39 Å². The largest absolute Gasteiger partial charge is 0.255 e. The number of anilines is 1. The van der Waals surface area contributed by atoms with Crippen LogP contribution in [0.3, 0.4) is 0 Å². The molecule has 1 aliphatic heterocycles. The van der Waals surface area contributed by atoms with Crippen molar-refractivity contribution in [1.82, 2.24) is 0 Å². The monoisotopic (exact) mass is 340 g/mol. The minimum atomic E-state index is -0.297. The quantitative estimate of drug-likeness (QED) is 0.752. The second kappa shape index (κ2) is 4.52. The predicted molar refractivity (Wildman–Crippen MR) is 74.2 cm³/mol. The second-order valence-corrected chi connectivity index (χ2v) is 5.84. The van der Waals surface area contributed by atoms with Gasteiger partial charge < -0.3 is 0 Å². The van der Waals surface area contributed by atoms with Crippen LogP contribution >= 0.6 is 21.0 Å². The van der Waals surface area contributed by atoms with Crippen LogP contribution < -0.4 is 5.01 Å². The van der Waals surface area contributed by atoms with Gasteiger partial charge in [0.05, 0.1) is 36.8 Å². The molecule has 0 spiro atoms. The molecule has 1 heterocycles. The third-order valence-corrected chi connectivity index (χ3v) is 4.80. The van der Waals surface area contributed by atoms with Crippen LogP contribution in [0.15, 0.2) is 51.8 Å². The predicted octanol–water partition coefficient (Wildman–Crippen LogP) is 4.08. The molecule has 0 unspecified atom stereocenters. The van der Waals surface area contributed by atoms with Crippen LogP contribution in [0.2, 0.25) is 0 Å². The Kier molecular flexibility index (Phi) is 2.88. The zero-order valence-corrected chi connectivity index (χ0v) is 11.1. The SMILES string of the molecule is Fc1ccccc1CN1N=Ic2ccccc21. The molecule has 0 fully saturated rings. The Bertz CT molecular complexity index is 583. The summed E-state index contributed by atoms with van der Waals surface area (Å²) < 4.78 is 19.4. The highest BCUT2D eigenvalue weighted by Gasteiger charge is 2.16. The van der Waals surface area contributed by atoms with Gasteiger partial charge in [-0.15, -0.1) is 3.25 Å². The van der Waals surface area contributed by atoms with Gasteiger partial charge in [-0.05, 0) is 18.2 Å². The lowest BCUT2D eigenvalue weighted by molar-refractivity contribution is 0.606. The van der Waals surface area contributed by atoms with Gasteiger partial charge >= 0.3 is 0 Å². The average Bonchev–Trinajstić information content (AvgIpc) is 2.76. The lowest BCUT2D eigenvalue weighted by Gasteiger charge is -2.15. The van der Waals surface area contributed by atoms with E-state index in [0.717, 1.165) is 5.69 Å². The Morgan fingerprint density at radius 2 is 1.82 bits per heavy atom. The van der Waals surface area contributed by atoms with E-state index in [0.29, 0.717) is 12.1 Å². The van der Waals surface area contributed by atoms with Gasteiger partial charge in [-0.3, -0.25) is 5.01 Å². The summed E-state index contributed by atoms with van der Waals surface area (Å²) in [5, 5.41) is 1.92. The minimum absolute atomic E-state index is 0.162. The standard InChI is InChI=1S/C13H10FIN2/c14-11-6-2-1-5-10(11)9-17-13-8-4-3-7-12(13)15-16-17/h1-8H,9H2. The summed E-state index contributed by atoms with van der Waals surface area (Å²) in [5.41, 5.74) is 1.82. The molecule has 0 saturated heterocycles. The van der Waals surface area contributed by atoms with Crippen LogP contribution in [-0.2, 0) is 6.54 Å². The first-order chi connectivity index (χ1) is 8.34. The number of hydrogen-bond acceptors (Lipinski definition) is 2. The maximum absolute atomic E-state index is 13.6. The summed E-state index contributed by atoms with van der Waals surface area (Å²) in [4.78, 5) is 0. The number of fused-ring (bicyclic) bond motifs is 1. The summed E-state index contributed by atoms with van der Waals surface area (Å²) in [7, 11) is 0. The number of rotatable bonds is 2. The Morgan fingerprint density at radius 1 is 1.06 bits per heavy atom. The van der Waals surface area contributed by atoms with E-state index in [1.54, 1.807) is 6.07 Å². The van der Waals surface area contributed by atoms with Gasteiger partial charge in [0.2, 0.25) is 0 Å². The molecule has 4 heteroatoms. The summed E-state index contributed by atoms with van der Waals surface area (Å²) in [6.45, 7) is 0.517. The Morgan fingerprint density at radius 3 is 2.71 bits per heavy atom. The molecule has 0 N–H and O–H groups in total. The van der Waals surface area contributed by atoms with E-state index in [9.17, 15) is 4.39 Å². The smallest absolute Gasteiger partial charge is 0.128 e. The van der Waals surface area contributed by atoms with Crippen molar-refractivity contribution >= 4 is 26.7 Å². The highest BCUT2D eigenvalue weighted by atomic mass is 127. The van der Waals surface area contributed by atoms with Crippen molar-refractivity contribution in [3.05, 3.63) is 63.5 Å². The highest BCUT2D eigenvalue weighted by molar-refractivity contribution is 14.2. The van der Waals surface area contributed by atoms with E-state index in [-0.39, 0.29) is 26.9 Å². The van der Waals surface area contributed by atoms with Crippen LogP contribution in [0.25, 0.3) is 0 Å². The van der Waals surface area contributed by atoms with Crippen LogP contribution in [0.1, 0.15) is 5.56 Å². The summed E-state index contributed by atoms with van der Waals surface area (Å²) >= 11 is -0.297. The van der Waals surface area contributed by atoms with E-state index >= 15 is 0 Å². The summed E-state index contributed by atoms with van der Waals surface area (Å²) in [6, 6.07) is 15.0. The molecular formula is C13H10FIN2. The average molecular weight is 340 g/mol. The molecule has 0 atom stereocenters. The van der Waals surface area contributed by atoms with E-state index in [1.165, 1.54) is 9.64 Å². The number of para-hydroxylation sites is 1. The molecule has 0 aliphatic carbocycles. The molecule has 2 aromatic carbocycles. The zero-order chi connectivity index (χ0) is 11.7. The molecule has 2 nitrogen and oxygen atoms in total. The summed E-state index contributed by atoms with van der Waals surface area (Å²) in [6.07, 6.45) is 0. The normalized spacial score (nSPS) is 13.4. The van der Waals surface area contributed by atoms with Crippen molar-refractivity contribution in [2.24, 2.45) is 3.25 Å². The van der Waals surface area contributed by atoms with Gasteiger partial charge in [-0.25, -0.2) is 4.39 Å². The second-order valence-electron chi connectivity index (χ2n) is 3.76. The highest BCUT2D eigenvalue weighted by Crippen LogP contribution is 2.35. The van der Waals surface area contributed by atoms with Gasteiger partial charge in [0.25, 0.3) is 0 Å². The fraction of sp³-hybridized carbons (Fsp3) is 0.0769. The fourth-order valence-corrected chi connectivity index (χ4v) is 3.71. The van der Waals surface area contributed by atoms with Crippen LogP contribution in [0.4, 0.5) is 10.1 Å². The van der Waals surface area contributed by atoms with Crippen LogP contribution in [-0.4, -0.2) is 0 Å². The number of halogens is 2. The van der Waals surface area contributed by atoms with E-state index in [4.69, 9.17) is 0 Å². The van der Waals surface area contributed by atoms with Gasteiger partial charge in [0.1, 0.15) is 5.82 Å². The Labute approximate surface area is 109 Å². The molecule has 3 rings (SSSR count). The molecule has 0 radical (unpaired) electrons. The van der Waals surface area contributed by atoms with Crippen molar-refractivity contribution in [3.63, 3.8) is 0 Å². The molecule has 86 valence electrons. The van der Waals surface area contributed by atoms with Crippen molar-refractivity contribution in [3.8, 4) is 0 Å². The van der Waals surface area contributed by atoms with Gasteiger partial charge in [0, 0.05) is 5.56 Å². The molecule has 17 heavy (non-hydrogen) atoms. The number of benzene rings is 2. The first kappa shape index (κ1) is 10.8. The molecule has 2 aromatic rings. The Hall–Kier alpha value is -1.30. The molecule has 1 aliphatic rings. The van der Waals surface area contributed by atoms with E-state index in [1.807, 2.05) is 35.3 Å². The van der Waals surface area contributed by atoms with E-state index in [2.05, 4.69) is 9.32 Å². The summed E-state index contributed by atoms with van der Waals surface area (Å²) in [5.74, 6) is -0.162. The van der Waals surface area contributed by atoms with Crippen LogP contribution in [0.5, 0.6) is 0 Å². The van der Waals surface area contributed by atoms with Crippen molar-refractivity contribution in [2.75, 3.05) is 5.01 Å². The van der Waals surface area contributed by atoms with Crippen molar-refractivity contribution in [1.29, 1.82) is 0 Å². The van der Waals surface area contributed by atoms with Crippen molar-refractivity contribution < 1.29 is 4.39 Å². The van der Waals surface area contributed by atoms with Gasteiger partial charge in [-0.1, -0.05) is 30.3 Å². The minimum Gasteiger partial charge on any atom is -0.255 e. The van der Waals surface area contributed by atoms with Crippen molar-refractivity contribution in [2.45, 2.75) is 6.54 Å². The fourth-order valence-electron chi connectivity index (χ4n) is 1.76. The molecule has 0 aromatic heterocycles. The van der Waals surface area contributed by atoms with E-state index < -0.39 is 0 Å². The number of nitrogens with zero attached hydrogens (tertiary/aromatic N) is 2. The molecular weight excluding hydrogens is 330 g/mol.